The van der Waals surface area contributed by atoms with Crippen LogP contribution in [0.2, 0.25) is 0 Å². The number of carboxylic acids is 4. The molecule has 730 valence electrons. The van der Waals surface area contributed by atoms with Gasteiger partial charge in [-0.15, -0.1) is 20.4 Å². The Morgan fingerprint density at radius 2 is 0.725 bits per heavy atom. The van der Waals surface area contributed by atoms with E-state index < -0.39 is 23.9 Å². The highest BCUT2D eigenvalue weighted by Gasteiger charge is 2.35. The number of aromatic nitrogens is 25. The van der Waals surface area contributed by atoms with E-state index in [1.165, 1.54) is 19.2 Å². The molecule has 12 heterocycles. The molecule has 41 nitrogen and oxygen atoms in total. The molecule has 0 bridgehead atoms. The standard InChI is InChI=1S/C25H33N7O3.C24H32N8O3.C24H29N7O3.C24H31N7O3/c1-15-20(35-17-8-6-7-16(13-17)23(33)34)10-9-18(28-15)22-19(32(5)31-30-22)14-27-24-26-12-11-21(29-24)25(2,3)4;1-4-5-9-21-26-14-27-24(29-21)25-13-19-22(30-31-32(19)3)18-10-11-20(15(2)28-18)35-17-8-6-7-16(12-17)23(33)34;1-14-21(34-17-5-3-4-16(12-17)23(32)33)9-8-19(27-14)22-20(31(2)30-29-22)13-26-24-25-11-10-18(28-24)15-6-7-15;1-14(2)18-10-11-25-24(28-18)26-13-20-22(29-30-31(20)4)19-8-9-21(15(3)27-19)34-17-7-5-6-16(12-17)23(32)33/h9-12,16-17H,6-8,13-14H2,1-5H3,(H,33,34)(H,26,27,29);10-11,14,16-17H,4-9,12-13H2,1-3H3,(H,33,34)(H,25,26,27,29);8-11,15-17H,3-7,12-13H2,1-2H3,(H,32,33)(H,25,26,28);8-11,14,16-17H,5-7,12-13H2,1-4H3,(H,32,33)(H,25,26,28)/t4*16-,17-/m0000/s1. The van der Waals surface area contributed by atoms with E-state index in [9.17, 15) is 39.6 Å². The summed E-state index contributed by atoms with van der Waals surface area (Å²) in [5.74, 6) is 2.18. The molecule has 5 saturated carbocycles. The molecule has 8 N–H and O–H groups in total. The summed E-state index contributed by atoms with van der Waals surface area (Å²) in [7, 11) is 7.36. The van der Waals surface area contributed by atoms with Crippen molar-refractivity contribution in [1.82, 2.24) is 125 Å². The highest BCUT2D eigenvalue weighted by molar-refractivity contribution is 5.72. The number of rotatable bonds is 33. The van der Waals surface area contributed by atoms with Crippen LogP contribution < -0.4 is 40.2 Å². The van der Waals surface area contributed by atoms with Gasteiger partial charge in [-0.2, -0.15) is 4.98 Å². The Morgan fingerprint density at radius 3 is 1.04 bits per heavy atom. The fourth-order valence-corrected chi connectivity index (χ4v) is 17.2. The number of aryl methyl sites for hydroxylation is 9. The summed E-state index contributed by atoms with van der Waals surface area (Å²) in [6.45, 7) is 22.0. The molecule has 17 rings (SSSR count). The van der Waals surface area contributed by atoms with Crippen molar-refractivity contribution in [2.24, 2.45) is 51.9 Å². The number of ether oxygens (including phenoxy) is 4. The fourth-order valence-electron chi connectivity index (χ4n) is 17.2. The second-order valence-electron chi connectivity index (χ2n) is 37.2. The SMILES string of the molecule is CCCCc1ncnc(NCc2c(-c3ccc(O[C@H]4CCC[C@H](C(=O)O)C4)c(C)n3)nnn2C)n1.Cc1nc(-c2nnn(C)c2CNc2nccc(C(C)(C)C)n2)ccc1O[C@H]1CCC[C@H](C(=O)O)C1.Cc1nc(-c2nnn(C)c2CNc2nccc(C(C)C)n2)ccc1O[C@H]1CCC[C@H](C(=O)O)C1.Cc1nc(-c2nnn(C)c2CNc2nccc(C3CC3)n2)ccc1O[C@H]1CCC[C@H](C(=O)O)C1. The molecule has 5 fully saturated rings. The predicted molar refractivity (Wildman–Crippen MR) is 511 cm³/mol. The Morgan fingerprint density at radius 1 is 0.399 bits per heavy atom. The minimum Gasteiger partial charge on any atom is -0.489 e. The molecule has 12 aromatic rings. The first-order valence-electron chi connectivity index (χ1n) is 47.5. The number of anilines is 4. The van der Waals surface area contributed by atoms with Crippen molar-refractivity contribution in [3.05, 3.63) is 160 Å². The third kappa shape index (κ3) is 26.5. The van der Waals surface area contributed by atoms with Gasteiger partial charge in [0.2, 0.25) is 23.8 Å². The average Bonchev–Trinajstić information content (AvgIpc) is 1.63. The largest absolute Gasteiger partial charge is 0.489 e. The van der Waals surface area contributed by atoms with Gasteiger partial charge in [-0.1, -0.05) is 68.8 Å². The van der Waals surface area contributed by atoms with Crippen molar-refractivity contribution >= 4 is 47.7 Å². The van der Waals surface area contributed by atoms with Gasteiger partial charge in [0.05, 0.1) is 148 Å². The Labute approximate surface area is 800 Å². The van der Waals surface area contributed by atoms with E-state index in [0.29, 0.717) is 182 Å². The fraction of sp³-hybridized carbons (Fsp3) is 0.515. The van der Waals surface area contributed by atoms with Crippen LogP contribution >= 0.6 is 0 Å². The molecule has 5 aliphatic rings. The summed E-state index contributed by atoms with van der Waals surface area (Å²) in [6.07, 6.45) is 23.5. The summed E-state index contributed by atoms with van der Waals surface area (Å²) in [5, 5.41) is 84.5. The highest BCUT2D eigenvalue weighted by Crippen LogP contribution is 2.41. The number of nitrogens with one attached hydrogen (secondary N) is 4. The number of hydrogen-bond acceptors (Lipinski definition) is 33. The third-order valence-corrected chi connectivity index (χ3v) is 25.4. The molecule has 8 atom stereocenters. The molecular formula is C97H125N29O12. The second kappa shape index (κ2) is 46.0. The van der Waals surface area contributed by atoms with Gasteiger partial charge in [0.1, 0.15) is 57.9 Å². The first-order chi connectivity index (χ1) is 66.3. The van der Waals surface area contributed by atoms with Crippen molar-refractivity contribution in [1.29, 1.82) is 0 Å². The van der Waals surface area contributed by atoms with Crippen LogP contribution in [0.3, 0.4) is 0 Å². The molecule has 0 spiro atoms. The van der Waals surface area contributed by atoms with Gasteiger partial charge in [-0.3, -0.25) is 19.2 Å². The molecule has 0 amide bonds. The van der Waals surface area contributed by atoms with Crippen molar-refractivity contribution in [2.45, 2.75) is 272 Å². The van der Waals surface area contributed by atoms with E-state index in [2.05, 4.69) is 149 Å². The quantitative estimate of drug-likeness (QED) is 0.0189. The lowest BCUT2D eigenvalue weighted by atomic mass is 9.87. The van der Waals surface area contributed by atoms with Crippen molar-refractivity contribution in [2.75, 3.05) is 21.3 Å². The zero-order valence-corrected chi connectivity index (χ0v) is 80.8. The predicted octanol–water partition coefficient (Wildman–Crippen LogP) is 14.5. The van der Waals surface area contributed by atoms with Gasteiger partial charge in [-0.05, 0) is 222 Å². The van der Waals surface area contributed by atoms with Gasteiger partial charge in [0.25, 0.3) is 0 Å². The minimum absolute atomic E-state index is 0.0734. The molecule has 138 heavy (non-hydrogen) atoms. The van der Waals surface area contributed by atoms with E-state index in [0.717, 1.165) is 139 Å². The summed E-state index contributed by atoms with van der Waals surface area (Å²) < 4.78 is 31.4. The lowest BCUT2D eigenvalue weighted by Gasteiger charge is -2.27. The summed E-state index contributed by atoms with van der Waals surface area (Å²) in [5.41, 5.74) is 14.8. The molecule has 0 saturated heterocycles. The molecule has 12 aromatic heterocycles. The number of unbranched alkanes of at least 4 members (excludes halogenated alkanes) is 1. The minimum atomic E-state index is -0.748. The lowest BCUT2D eigenvalue weighted by Crippen LogP contribution is -2.29. The molecule has 0 unspecified atom stereocenters. The Bertz CT molecular complexity index is 6010. The van der Waals surface area contributed by atoms with Crippen LogP contribution in [0, 0.1) is 51.4 Å². The number of nitrogens with zero attached hydrogens (tertiary/aromatic N) is 25. The van der Waals surface area contributed by atoms with Crippen molar-refractivity contribution in [3.8, 4) is 68.5 Å². The van der Waals surface area contributed by atoms with Crippen LogP contribution in [0.4, 0.5) is 23.8 Å². The Hall–Kier alpha value is -14.3. The maximum atomic E-state index is 11.4. The smallest absolute Gasteiger partial charge is 0.306 e. The number of pyridine rings is 4. The number of hydrogen-bond donors (Lipinski definition) is 8. The van der Waals surface area contributed by atoms with Gasteiger partial charge < -0.3 is 60.6 Å². The van der Waals surface area contributed by atoms with E-state index in [1.807, 2.05) is 123 Å². The third-order valence-electron chi connectivity index (χ3n) is 25.4. The zero-order chi connectivity index (χ0) is 97.8. The normalized spacial score (nSPS) is 18.6. The Balaban J connectivity index is 0.000000147. The molecule has 0 aromatic carbocycles. The molecule has 0 radical (unpaired) electrons. The monoisotopic (exact) mass is 1890 g/mol. The van der Waals surface area contributed by atoms with Crippen LogP contribution in [0.5, 0.6) is 23.0 Å². The van der Waals surface area contributed by atoms with Crippen LogP contribution in [0.1, 0.15) is 250 Å². The average molecular weight is 1890 g/mol. The summed E-state index contributed by atoms with van der Waals surface area (Å²) in [4.78, 5) is 104. The zero-order valence-electron chi connectivity index (χ0n) is 80.8. The first kappa shape index (κ1) is 99.7. The molecular weight excluding hydrogens is 1760 g/mol. The van der Waals surface area contributed by atoms with Gasteiger partial charge in [0.15, 0.2) is 0 Å². The number of aliphatic carboxylic acids is 4. The van der Waals surface area contributed by atoms with Gasteiger partial charge in [0, 0.05) is 75.9 Å². The van der Waals surface area contributed by atoms with Crippen molar-refractivity contribution in [3.63, 3.8) is 0 Å². The van der Waals surface area contributed by atoms with Crippen molar-refractivity contribution < 1.29 is 58.6 Å². The van der Waals surface area contributed by atoms with E-state index in [-0.39, 0.29) is 53.5 Å². The molecule has 0 aliphatic heterocycles. The maximum Gasteiger partial charge on any atom is 0.306 e. The van der Waals surface area contributed by atoms with Crippen LogP contribution in [-0.4, -0.2) is 193 Å². The summed E-state index contributed by atoms with van der Waals surface area (Å²) in [6, 6.07) is 20.8. The van der Waals surface area contributed by atoms with E-state index in [4.69, 9.17) is 38.9 Å². The highest BCUT2D eigenvalue weighted by atomic mass is 16.5. The van der Waals surface area contributed by atoms with E-state index in [1.54, 1.807) is 37.3 Å². The van der Waals surface area contributed by atoms with Gasteiger partial charge in [-0.25, -0.2) is 78.5 Å². The number of carbonyl (C=O) groups is 4. The van der Waals surface area contributed by atoms with Crippen LogP contribution in [0.25, 0.3) is 45.6 Å². The molecule has 5 aliphatic carbocycles. The lowest BCUT2D eigenvalue weighted by molar-refractivity contribution is -0.144. The number of carboxylic acid groups (broad SMARTS) is 4. The first-order valence-corrected chi connectivity index (χ1v) is 47.5. The Kier molecular flexibility index (Phi) is 33.2. The van der Waals surface area contributed by atoms with Gasteiger partial charge >= 0.3 is 23.9 Å². The second-order valence-corrected chi connectivity index (χ2v) is 37.2. The van der Waals surface area contributed by atoms with Crippen LogP contribution in [0.15, 0.2) is 91.6 Å². The van der Waals surface area contributed by atoms with E-state index >= 15 is 0 Å². The topological polar surface area (TPSA) is 525 Å². The summed E-state index contributed by atoms with van der Waals surface area (Å²) >= 11 is 0. The van der Waals surface area contributed by atoms with Crippen LogP contribution in [-0.2, 0) is 85.4 Å². The maximum absolute atomic E-state index is 11.4. The molecule has 41 heteroatoms.